The third-order valence-electron chi connectivity index (χ3n) is 5.44. The predicted octanol–water partition coefficient (Wildman–Crippen LogP) is 4.76. The number of amides is 2. The van der Waals surface area contributed by atoms with Crippen molar-refractivity contribution in [1.82, 2.24) is 4.90 Å². The number of rotatable bonds is 5. The summed E-state index contributed by atoms with van der Waals surface area (Å²) in [4.78, 5) is 37.3. The van der Waals surface area contributed by atoms with Gasteiger partial charge in [-0.2, -0.15) is 0 Å². The van der Waals surface area contributed by atoms with Gasteiger partial charge in [0.25, 0.3) is 5.91 Å². The van der Waals surface area contributed by atoms with Crippen molar-refractivity contribution in [3.63, 3.8) is 0 Å². The molecule has 4 rings (SSSR count). The van der Waals surface area contributed by atoms with Crippen LogP contribution < -0.4 is 5.32 Å². The summed E-state index contributed by atoms with van der Waals surface area (Å²) < 4.78 is 0. The Hall–Kier alpha value is -2.93. The van der Waals surface area contributed by atoms with Gasteiger partial charge in [0, 0.05) is 11.3 Å². The van der Waals surface area contributed by atoms with Crippen molar-refractivity contribution in [3.05, 3.63) is 59.7 Å². The fourth-order valence-corrected chi connectivity index (χ4v) is 4.68. The summed E-state index contributed by atoms with van der Waals surface area (Å²) in [5.74, 6) is 0.523. The molecule has 0 aliphatic carbocycles. The molecule has 31 heavy (non-hydrogen) atoms. The lowest BCUT2D eigenvalue weighted by atomic mass is 10.1. The first-order valence-electron chi connectivity index (χ1n) is 10.5. The van der Waals surface area contributed by atoms with Gasteiger partial charge >= 0.3 is 0 Å². The summed E-state index contributed by atoms with van der Waals surface area (Å²) in [6, 6.07) is 14.9. The number of anilines is 1. The topological polar surface area (TPSA) is 74.1 Å². The molecule has 2 aromatic carbocycles. The van der Waals surface area contributed by atoms with Crippen LogP contribution in [-0.2, 0) is 9.59 Å². The second kappa shape index (κ2) is 8.67. The number of nitrogens with one attached hydrogen (secondary N) is 1. The molecule has 0 fully saturated rings. The Morgan fingerprint density at radius 1 is 1.16 bits per heavy atom. The van der Waals surface area contributed by atoms with Crippen molar-refractivity contribution in [2.45, 2.75) is 45.4 Å². The van der Waals surface area contributed by atoms with Gasteiger partial charge in [0.05, 0.1) is 10.9 Å². The van der Waals surface area contributed by atoms with E-state index in [1.807, 2.05) is 76.2 Å². The van der Waals surface area contributed by atoms with Gasteiger partial charge in [0.15, 0.2) is 5.17 Å². The minimum Gasteiger partial charge on any atom is -0.325 e. The first kappa shape index (κ1) is 21.3. The molecule has 0 saturated heterocycles. The quantitative estimate of drug-likeness (QED) is 0.737. The van der Waals surface area contributed by atoms with Crippen molar-refractivity contribution in [1.29, 1.82) is 0 Å². The number of aliphatic imine (C=N–C) groups is 2. The monoisotopic (exact) mass is 434 g/mol. The Morgan fingerprint density at radius 2 is 1.87 bits per heavy atom. The highest BCUT2D eigenvalue weighted by molar-refractivity contribution is 8.15. The second-order valence-corrected chi connectivity index (χ2v) is 9.22. The van der Waals surface area contributed by atoms with Crippen LogP contribution in [-0.4, -0.2) is 39.0 Å². The minimum absolute atomic E-state index is 0.0790. The van der Waals surface area contributed by atoms with Crippen molar-refractivity contribution < 1.29 is 9.59 Å². The molecule has 2 amide bonds. The van der Waals surface area contributed by atoms with E-state index in [9.17, 15) is 9.59 Å². The standard InChI is InChI=1S/C24H26N4O2S/c1-5-19(22(29)25-17-12-8-6-10-15(17)4)31-24-26-18-13-9-7-11-16(18)21-27-20(14(2)3)23(30)28(21)24/h6-14,19-20H,5H2,1-4H3,(H,25,29)/t19-,20-/m1/s1. The molecule has 0 aromatic heterocycles. The predicted molar refractivity (Wildman–Crippen MR) is 127 cm³/mol. The van der Waals surface area contributed by atoms with Gasteiger partial charge in [-0.25, -0.2) is 9.89 Å². The van der Waals surface area contributed by atoms with E-state index >= 15 is 0 Å². The number of benzene rings is 2. The molecule has 0 bridgehead atoms. The average molecular weight is 435 g/mol. The number of fused-ring (bicyclic) bond motifs is 3. The molecule has 7 heteroatoms. The summed E-state index contributed by atoms with van der Waals surface area (Å²) in [6.45, 7) is 7.91. The van der Waals surface area contributed by atoms with Crippen LogP contribution >= 0.6 is 11.8 Å². The van der Waals surface area contributed by atoms with E-state index in [4.69, 9.17) is 9.98 Å². The molecule has 0 spiro atoms. The van der Waals surface area contributed by atoms with E-state index < -0.39 is 11.3 Å². The molecule has 0 radical (unpaired) electrons. The van der Waals surface area contributed by atoms with Crippen molar-refractivity contribution in [2.75, 3.05) is 5.32 Å². The molecule has 160 valence electrons. The highest BCUT2D eigenvalue weighted by Crippen LogP contribution is 2.36. The van der Waals surface area contributed by atoms with Crippen molar-refractivity contribution in [3.8, 4) is 0 Å². The van der Waals surface area contributed by atoms with Gasteiger partial charge in [-0.3, -0.25) is 14.6 Å². The Balaban J connectivity index is 1.64. The van der Waals surface area contributed by atoms with E-state index in [-0.39, 0.29) is 17.7 Å². The van der Waals surface area contributed by atoms with E-state index in [0.29, 0.717) is 17.4 Å². The summed E-state index contributed by atoms with van der Waals surface area (Å²) in [5.41, 5.74) is 3.41. The maximum atomic E-state index is 13.2. The van der Waals surface area contributed by atoms with E-state index in [1.54, 1.807) is 4.90 Å². The van der Waals surface area contributed by atoms with Crippen LogP contribution in [0.5, 0.6) is 0 Å². The molecular weight excluding hydrogens is 408 g/mol. The molecule has 2 aliphatic heterocycles. The van der Waals surface area contributed by atoms with Crippen molar-refractivity contribution in [2.24, 2.45) is 15.9 Å². The number of amidine groups is 2. The van der Waals surface area contributed by atoms with Gasteiger partial charge in [0.1, 0.15) is 11.9 Å². The molecule has 2 aromatic rings. The lowest BCUT2D eigenvalue weighted by Crippen LogP contribution is -2.43. The Kier molecular flexibility index (Phi) is 5.96. The lowest BCUT2D eigenvalue weighted by molar-refractivity contribution is -0.125. The van der Waals surface area contributed by atoms with Crippen LogP contribution in [0.25, 0.3) is 0 Å². The maximum absolute atomic E-state index is 13.2. The fourth-order valence-electron chi connectivity index (χ4n) is 3.66. The van der Waals surface area contributed by atoms with Crippen LogP contribution in [0.2, 0.25) is 0 Å². The fraction of sp³-hybridized carbons (Fsp3) is 0.333. The maximum Gasteiger partial charge on any atom is 0.259 e. The number of hydrogen-bond donors (Lipinski definition) is 1. The van der Waals surface area contributed by atoms with E-state index in [2.05, 4.69) is 5.32 Å². The Bertz CT molecular complexity index is 1090. The van der Waals surface area contributed by atoms with Crippen LogP contribution in [0.4, 0.5) is 11.4 Å². The number of para-hydroxylation sites is 2. The number of carbonyl (C=O) groups excluding carboxylic acids is 2. The van der Waals surface area contributed by atoms with Gasteiger partial charge in [0.2, 0.25) is 5.91 Å². The number of aryl methyl sites for hydroxylation is 1. The number of nitrogens with zero attached hydrogens (tertiary/aromatic N) is 3. The Labute approximate surface area is 186 Å². The van der Waals surface area contributed by atoms with Crippen LogP contribution in [0.1, 0.15) is 38.3 Å². The zero-order chi connectivity index (χ0) is 22.1. The zero-order valence-corrected chi connectivity index (χ0v) is 18.9. The first-order valence-corrected chi connectivity index (χ1v) is 11.4. The van der Waals surface area contributed by atoms with Gasteiger partial charge in [-0.15, -0.1) is 0 Å². The minimum atomic E-state index is -0.437. The first-order chi connectivity index (χ1) is 14.9. The third kappa shape index (κ3) is 4.02. The molecule has 0 saturated carbocycles. The molecule has 0 unspecified atom stereocenters. The summed E-state index contributed by atoms with van der Waals surface area (Å²) in [7, 11) is 0. The summed E-state index contributed by atoms with van der Waals surface area (Å²) in [6.07, 6.45) is 0.602. The highest BCUT2D eigenvalue weighted by Gasteiger charge is 2.43. The molecular formula is C24H26N4O2S. The number of hydrogen-bond acceptors (Lipinski definition) is 5. The molecule has 6 nitrogen and oxygen atoms in total. The summed E-state index contributed by atoms with van der Waals surface area (Å²) in [5, 5.41) is 3.14. The normalized spacial score (nSPS) is 18.3. The third-order valence-corrected chi connectivity index (χ3v) is 6.76. The largest absolute Gasteiger partial charge is 0.325 e. The molecule has 2 aliphatic rings. The van der Waals surface area contributed by atoms with Crippen LogP contribution in [0.15, 0.2) is 58.5 Å². The lowest BCUT2D eigenvalue weighted by Gasteiger charge is -2.27. The summed E-state index contributed by atoms with van der Waals surface area (Å²) >= 11 is 1.32. The van der Waals surface area contributed by atoms with Gasteiger partial charge < -0.3 is 5.32 Å². The average Bonchev–Trinajstić information content (AvgIpc) is 3.11. The highest BCUT2D eigenvalue weighted by atomic mass is 32.2. The van der Waals surface area contributed by atoms with Crippen molar-refractivity contribution >= 4 is 46.0 Å². The Morgan fingerprint density at radius 3 is 2.58 bits per heavy atom. The molecule has 2 heterocycles. The van der Waals surface area contributed by atoms with E-state index in [0.717, 1.165) is 22.5 Å². The van der Waals surface area contributed by atoms with Gasteiger partial charge in [-0.05, 0) is 43.0 Å². The number of thioether (sulfide) groups is 1. The molecule has 1 N–H and O–H groups in total. The second-order valence-electron chi connectivity index (χ2n) is 8.05. The van der Waals surface area contributed by atoms with E-state index in [1.165, 1.54) is 11.8 Å². The SMILES string of the molecule is CC[C@@H](SC1=Nc2ccccc2C2=N[C@H](C(C)C)C(=O)N12)C(=O)Nc1ccccc1C. The molecule has 2 atom stereocenters. The van der Waals surface area contributed by atoms with Crippen LogP contribution in [0.3, 0.4) is 0 Å². The zero-order valence-electron chi connectivity index (χ0n) is 18.1. The number of carbonyl (C=O) groups is 2. The van der Waals surface area contributed by atoms with Gasteiger partial charge in [-0.1, -0.05) is 62.9 Å². The van der Waals surface area contributed by atoms with Crippen LogP contribution in [0, 0.1) is 12.8 Å². The smallest absolute Gasteiger partial charge is 0.259 e.